The number of thiazole rings is 1. The molecule has 102 valence electrons. The SMILES string of the molecule is CCCC(=O)N=c1sc2cc(Cl)ccc2n1CCC. The van der Waals surface area contributed by atoms with Crippen LogP contribution in [0.4, 0.5) is 0 Å². The highest BCUT2D eigenvalue weighted by atomic mass is 35.5. The summed E-state index contributed by atoms with van der Waals surface area (Å²) in [4.78, 5) is 16.7. The van der Waals surface area contributed by atoms with Gasteiger partial charge in [-0.2, -0.15) is 4.99 Å². The number of rotatable bonds is 4. The van der Waals surface area contributed by atoms with E-state index in [9.17, 15) is 4.79 Å². The van der Waals surface area contributed by atoms with Crippen LogP contribution in [-0.4, -0.2) is 10.5 Å². The number of amides is 1. The molecular formula is C14H17ClN2OS. The molecule has 0 saturated carbocycles. The van der Waals surface area contributed by atoms with Crippen molar-refractivity contribution in [3.05, 3.63) is 28.0 Å². The number of fused-ring (bicyclic) bond motifs is 1. The van der Waals surface area contributed by atoms with Gasteiger partial charge in [0.1, 0.15) is 0 Å². The number of hydrogen-bond acceptors (Lipinski definition) is 2. The van der Waals surface area contributed by atoms with Crippen LogP contribution in [-0.2, 0) is 11.3 Å². The zero-order valence-electron chi connectivity index (χ0n) is 11.1. The van der Waals surface area contributed by atoms with E-state index in [0.29, 0.717) is 11.4 Å². The first-order valence-corrected chi connectivity index (χ1v) is 7.71. The average Bonchev–Trinajstić information content (AvgIpc) is 2.67. The molecule has 0 bridgehead atoms. The number of aromatic nitrogens is 1. The summed E-state index contributed by atoms with van der Waals surface area (Å²) in [6.07, 6.45) is 2.33. The maximum Gasteiger partial charge on any atom is 0.248 e. The van der Waals surface area contributed by atoms with Crippen LogP contribution >= 0.6 is 22.9 Å². The Hall–Kier alpha value is -1.13. The van der Waals surface area contributed by atoms with Gasteiger partial charge in [-0.15, -0.1) is 0 Å². The van der Waals surface area contributed by atoms with Gasteiger partial charge >= 0.3 is 0 Å². The van der Waals surface area contributed by atoms with Gasteiger partial charge in [0.25, 0.3) is 0 Å². The molecular weight excluding hydrogens is 280 g/mol. The molecule has 0 spiro atoms. The van der Waals surface area contributed by atoms with Crippen LogP contribution in [0.3, 0.4) is 0 Å². The van der Waals surface area contributed by atoms with E-state index in [1.165, 1.54) is 11.3 Å². The molecule has 0 aliphatic carbocycles. The largest absolute Gasteiger partial charge is 0.316 e. The third-order valence-electron chi connectivity index (χ3n) is 2.78. The van der Waals surface area contributed by atoms with Crippen molar-refractivity contribution in [3.8, 4) is 0 Å². The molecule has 0 aliphatic heterocycles. The molecule has 0 atom stereocenters. The Balaban J connectivity index is 2.58. The summed E-state index contributed by atoms with van der Waals surface area (Å²) in [6, 6.07) is 5.80. The summed E-state index contributed by atoms with van der Waals surface area (Å²) < 4.78 is 3.17. The van der Waals surface area contributed by atoms with Gasteiger partial charge in [0.05, 0.1) is 10.2 Å². The Bertz CT molecular complexity index is 657. The lowest BCUT2D eigenvalue weighted by molar-refractivity contribution is -0.118. The van der Waals surface area contributed by atoms with Crippen molar-refractivity contribution in [1.82, 2.24) is 4.57 Å². The highest BCUT2D eigenvalue weighted by Crippen LogP contribution is 2.22. The van der Waals surface area contributed by atoms with E-state index in [2.05, 4.69) is 16.5 Å². The summed E-state index contributed by atoms with van der Waals surface area (Å²) in [5.74, 6) is -0.0509. The van der Waals surface area contributed by atoms with Crippen LogP contribution in [0.5, 0.6) is 0 Å². The molecule has 0 N–H and O–H groups in total. The lowest BCUT2D eigenvalue weighted by atomic mass is 10.3. The van der Waals surface area contributed by atoms with E-state index in [1.807, 2.05) is 25.1 Å². The van der Waals surface area contributed by atoms with Gasteiger partial charge in [-0.05, 0) is 31.0 Å². The van der Waals surface area contributed by atoms with Gasteiger partial charge in [0.15, 0.2) is 4.80 Å². The predicted molar refractivity (Wildman–Crippen MR) is 80.6 cm³/mol. The van der Waals surface area contributed by atoms with Crippen molar-refractivity contribution in [2.45, 2.75) is 39.7 Å². The Labute approximate surface area is 121 Å². The van der Waals surface area contributed by atoms with E-state index in [-0.39, 0.29) is 5.91 Å². The van der Waals surface area contributed by atoms with Crippen LogP contribution in [0.15, 0.2) is 23.2 Å². The molecule has 0 unspecified atom stereocenters. The zero-order chi connectivity index (χ0) is 13.8. The van der Waals surface area contributed by atoms with Gasteiger partial charge in [-0.3, -0.25) is 4.79 Å². The van der Waals surface area contributed by atoms with E-state index in [4.69, 9.17) is 11.6 Å². The van der Waals surface area contributed by atoms with Crippen LogP contribution < -0.4 is 4.80 Å². The molecule has 1 heterocycles. The van der Waals surface area contributed by atoms with Crippen LogP contribution in [0, 0.1) is 0 Å². The highest BCUT2D eigenvalue weighted by Gasteiger charge is 2.07. The summed E-state index contributed by atoms with van der Waals surface area (Å²) >= 11 is 7.54. The number of halogens is 1. The Morgan fingerprint density at radius 1 is 1.37 bits per heavy atom. The standard InChI is InChI=1S/C14H17ClN2OS/c1-3-5-13(18)16-14-17(8-4-2)11-7-6-10(15)9-12(11)19-14/h6-7,9H,3-5,8H2,1-2H3. The average molecular weight is 297 g/mol. The van der Waals surface area contributed by atoms with Crippen molar-refractivity contribution >= 4 is 39.1 Å². The maximum absolute atomic E-state index is 11.7. The monoisotopic (exact) mass is 296 g/mol. The van der Waals surface area contributed by atoms with Crippen molar-refractivity contribution in [2.24, 2.45) is 4.99 Å². The lowest BCUT2D eigenvalue weighted by Crippen LogP contribution is -2.16. The summed E-state index contributed by atoms with van der Waals surface area (Å²) in [6.45, 7) is 4.96. The Morgan fingerprint density at radius 3 is 2.84 bits per heavy atom. The summed E-state index contributed by atoms with van der Waals surface area (Å²) in [5, 5.41) is 0.712. The molecule has 2 aromatic rings. The number of benzene rings is 1. The molecule has 5 heteroatoms. The molecule has 0 fully saturated rings. The van der Waals surface area contributed by atoms with E-state index in [0.717, 1.165) is 34.4 Å². The zero-order valence-corrected chi connectivity index (χ0v) is 12.7. The van der Waals surface area contributed by atoms with Crippen LogP contribution in [0.2, 0.25) is 5.02 Å². The number of hydrogen-bond donors (Lipinski definition) is 0. The van der Waals surface area contributed by atoms with Crippen LogP contribution in [0.1, 0.15) is 33.1 Å². The van der Waals surface area contributed by atoms with Gasteiger partial charge < -0.3 is 4.57 Å². The van der Waals surface area contributed by atoms with Crippen molar-refractivity contribution in [1.29, 1.82) is 0 Å². The second kappa shape index (κ2) is 6.35. The lowest BCUT2D eigenvalue weighted by Gasteiger charge is -2.02. The molecule has 0 radical (unpaired) electrons. The maximum atomic E-state index is 11.7. The summed E-state index contributed by atoms with van der Waals surface area (Å²) in [5.41, 5.74) is 1.10. The number of carbonyl (C=O) groups excluding carboxylic acids is 1. The molecule has 3 nitrogen and oxygen atoms in total. The van der Waals surface area contributed by atoms with Crippen molar-refractivity contribution in [3.63, 3.8) is 0 Å². The molecule has 1 aromatic carbocycles. The fourth-order valence-corrected chi connectivity index (χ4v) is 3.30. The molecule has 1 aromatic heterocycles. The minimum atomic E-state index is -0.0509. The number of aryl methyl sites for hydroxylation is 1. The Morgan fingerprint density at radius 2 is 2.16 bits per heavy atom. The predicted octanol–water partition coefficient (Wildman–Crippen LogP) is 3.99. The molecule has 2 rings (SSSR count). The quantitative estimate of drug-likeness (QED) is 0.840. The topological polar surface area (TPSA) is 34.4 Å². The molecule has 1 amide bonds. The Kier molecular flexibility index (Phi) is 4.77. The fraction of sp³-hybridized carbons (Fsp3) is 0.429. The van der Waals surface area contributed by atoms with Gasteiger partial charge in [-0.1, -0.05) is 36.8 Å². The van der Waals surface area contributed by atoms with Gasteiger partial charge in [-0.25, -0.2) is 0 Å². The molecule has 0 saturated heterocycles. The molecule has 0 aliphatic rings. The first kappa shape index (κ1) is 14.3. The second-order valence-corrected chi connectivity index (χ2v) is 5.85. The highest BCUT2D eigenvalue weighted by molar-refractivity contribution is 7.16. The first-order valence-electron chi connectivity index (χ1n) is 6.52. The number of carbonyl (C=O) groups is 1. The fourth-order valence-electron chi connectivity index (χ4n) is 1.95. The number of nitrogens with zero attached hydrogens (tertiary/aromatic N) is 2. The van der Waals surface area contributed by atoms with Crippen molar-refractivity contribution in [2.75, 3.05) is 0 Å². The smallest absolute Gasteiger partial charge is 0.248 e. The minimum Gasteiger partial charge on any atom is -0.316 e. The van der Waals surface area contributed by atoms with E-state index in [1.54, 1.807) is 0 Å². The minimum absolute atomic E-state index is 0.0509. The van der Waals surface area contributed by atoms with Crippen molar-refractivity contribution < 1.29 is 4.79 Å². The first-order chi connectivity index (χ1) is 9.15. The third kappa shape index (κ3) is 3.25. The summed E-state index contributed by atoms with van der Waals surface area (Å²) in [7, 11) is 0. The normalized spacial score (nSPS) is 12.3. The van der Waals surface area contributed by atoms with Gasteiger partial charge in [0, 0.05) is 18.0 Å². The van der Waals surface area contributed by atoms with Crippen LogP contribution in [0.25, 0.3) is 10.2 Å². The van der Waals surface area contributed by atoms with E-state index < -0.39 is 0 Å². The second-order valence-electron chi connectivity index (χ2n) is 4.40. The third-order valence-corrected chi connectivity index (χ3v) is 4.05. The molecule has 19 heavy (non-hydrogen) atoms. The van der Waals surface area contributed by atoms with Gasteiger partial charge in [0.2, 0.25) is 5.91 Å². The van der Waals surface area contributed by atoms with E-state index >= 15 is 0 Å².